The second-order valence-corrected chi connectivity index (χ2v) is 3.41. The molecule has 0 aromatic heterocycles. The second kappa shape index (κ2) is 5.30. The summed E-state index contributed by atoms with van der Waals surface area (Å²) in [5, 5.41) is 11.4. The number of carbonyl (C=O) groups is 1. The average Bonchev–Trinajstić information content (AvgIpc) is 2.22. The van der Waals surface area contributed by atoms with Crippen molar-refractivity contribution in [3.8, 4) is 5.75 Å². The van der Waals surface area contributed by atoms with Gasteiger partial charge < -0.3 is 10.4 Å². The highest BCUT2D eigenvalue weighted by atomic mass is 19.1. The molecule has 0 unspecified atom stereocenters. The second-order valence-electron chi connectivity index (χ2n) is 3.41. The van der Waals surface area contributed by atoms with E-state index in [0.29, 0.717) is 5.57 Å². The van der Waals surface area contributed by atoms with Crippen LogP contribution in [0.25, 0.3) is 0 Å². The van der Waals surface area contributed by atoms with Gasteiger partial charge in [0.15, 0.2) is 0 Å². The van der Waals surface area contributed by atoms with E-state index in [1.165, 1.54) is 12.1 Å². The standard InChI is InChI=1S/C12H14FNO2/c1-3-4-8(2)12(16)14-11-6-5-9(15)7-10(11)13/h4-7,15H,3H2,1-2H3,(H,14,16). The van der Waals surface area contributed by atoms with Crippen molar-refractivity contribution in [2.45, 2.75) is 20.3 Å². The molecule has 0 heterocycles. The van der Waals surface area contributed by atoms with Gasteiger partial charge in [0.25, 0.3) is 5.91 Å². The molecule has 0 aliphatic rings. The maximum Gasteiger partial charge on any atom is 0.251 e. The third kappa shape index (κ3) is 3.08. The van der Waals surface area contributed by atoms with Gasteiger partial charge in [-0.05, 0) is 25.5 Å². The van der Waals surface area contributed by atoms with Gasteiger partial charge in [-0.1, -0.05) is 13.0 Å². The summed E-state index contributed by atoms with van der Waals surface area (Å²) in [5.74, 6) is -1.17. The molecule has 4 heteroatoms. The van der Waals surface area contributed by atoms with Crippen LogP contribution in [0.4, 0.5) is 10.1 Å². The van der Waals surface area contributed by atoms with Gasteiger partial charge in [0.2, 0.25) is 0 Å². The third-order valence-corrected chi connectivity index (χ3v) is 2.07. The quantitative estimate of drug-likeness (QED) is 0.611. The summed E-state index contributed by atoms with van der Waals surface area (Å²) in [5.41, 5.74) is 0.599. The van der Waals surface area contributed by atoms with Crippen LogP contribution in [0.1, 0.15) is 20.3 Å². The summed E-state index contributed by atoms with van der Waals surface area (Å²) in [6, 6.07) is 3.59. The van der Waals surface area contributed by atoms with Gasteiger partial charge in [-0.2, -0.15) is 0 Å². The first-order chi connectivity index (χ1) is 7.54. The van der Waals surface area contributed by atoms with Gasteiger partial charge in [0, 0.05) is 11.6 Å². The van der Waals surface area contributed by atoms with Crippen LogP contribution < -0.4 is 5.32 Å². The Morgan fingerprint density at radius 3 is 2.81 bits per heavy atom. The lowest BCUT2D eigenvalue weighted by atomic mass is 10.2. The molecule has 1 amide bonds. The monoisotopic (exact) mass is 223 g/mol. The van der Waals surface area contributed by atoms with Crippen LogP contribution in [0.2, 0.25) is 0 Å². The van der Waals surface area contributed by atoms with E-state index in [1.54, 1.807) is 13.0 Å². The highest BCUT2D eigenvalue weighted by molar-refractivity contribution is 6.03. The van der Waals surface area contributed by atoms with Crippen LogP contribution in [0.5, 0.6) is 5.75 Å². The molecule has 16 heavy (non-hydrogen) atoms. The van der Waals surface area contributed by atoms with Crippen LogP contribution in [-0.4, -0.2) is 11.0 Å². The summed E-state index contributed by atoms with van der Waals surface area (Å²) in [4.78, 5) is 11.5. The zero-order valence-electron chi connectivity index (χ0n) is 9.25. The van der Waals surface area contributed by atoms with Crippen LogP contribution in [-0.2, 0) is 4.79 Å². The first-order valence-electron chi connectivity index (χ1n) is 5.01. The number of rotatable bonds is 3. The topological polar surface area (TPSA) is 49.3 Å². The fourth-order valence-corrected chi connectivity index (χ4v) is 1.23. The maximum atomic E-state index is 13.3. The molecule has 0 atom stereocenters. The predicted molar refractivity (Wildman–Crippen MR) is 60.7 cm³/mol. The van der Waals surface area contributed by atoms with E-state index in [2.05, 4.69) is 5.32 Å². The number of anilines is 1. The molecule has 0 aliphatic carbocycles. The van der Waals surface area contributed by atoms with Gasteiger partial charge in [0.1, 0.15) is 11.6 Å². The summed E-state index contributed by atoms with van der Waals surface area (Å²) < 4.78 is 13.3. The Morgan fingerprint density at radius 2 is 2.25 bits per heavy atom. The lowest BCUT2D eigenvalue weighted by Gasteiger charge is -2.06. The van der Waals surface area contributed by atoms with Crippen molar-refractivity contribution in [3.63, 3.8) is 0 Å². The van der Waals surface area contributed by atoms with Gasteiger partial charge in [-0.15, -0.1) is 0 Å². The molecule has 1 aromatic rings. The molecule has 0 aliphatic heterocycles. The van der Waals surface area contributed by atoms with Crippen molar-refractivity contribution >= 4 is 11.6 Å². The smallest absolute Gasteiger partial charge is 0.251 e. The summed E-state index contributed by atoms with van der Waals surface area (Å²) >= 11 is 0. The number of halogens is 1. The number of phenolic OH excluding ortho intramolecular Hbond substituents is 1. The van der Waals surface area contributed by atoms with Crippen molar-refractivity contribution in [2.24, 2.45) is 0 Å². The molecule has 1 aromatic carbocycles. The van der Waals surface area contributed by atoms with Gasteiger partial charge in [0.05, 0.1) is 5.69 Å². The van der Waals surface area contributed by atoms with Gasteiger partial charge in [-0.3, -0.25) is 4.79 Å². The van der Waals surface area contributed by atoms with Crippen molar-refractivity contribution in [3.05, 3.63) is 35.7 Å². The van der Waals surface area contributed by atoms with E-state index >= 15 is 0 Å². The molecular formula is C12H14FNO2. The highest BCUT2D eigenvalue weighted by Crippen LogP contribution is 2.19. The van der Waals surface area contributed by atoms with Crippen molar-refractivity contribution in [1.29, 1.82) is 0 Å². The number of benzene rings is 1. The predicted octanol–water partition coefficient (Wildman–Crippen LogP) is 2.83. The molecule has 2 N–H and O–H groups in total. The van der Waals surface area contributed by atoms with E-state index in [1.807, 2.05) is 6.92 Å². The SMILES string of the molecule is CCC=C(C)C(=O)Nc1ccc(O)cc1F. The first kappa shape index (κ1) is 12.2. The Morgan fingerprint density at radius 1 is 1.56 bits per heavy atom. The Hall–Kier alpha value is -1.84. The lowest BCUT2D eigenvalue weighted by molar-refractivity contribution is -0.112. The zero-order chi connectivity index (χ0) is 12.1. The molecule has 0 bridgehead atoms. The van der Waals surface area contributed by atoms with Crippen LogP contribution >= 0.6 is 0 Å². The number of carbonyl (C=O) groups excluding carboxylic acids is 1. The fourth-order valence-electron chi connectivity index (χ4n) is 1.23. The van der Waals surface area contributed by atoms with E-state index in [9.17, 15) is 9.18 Å². The zero-order valence-corrected chi connectivity index (χ0v) is 9.25. The van der Waals surface area contributed by atoms with Crippen molar-refractivity contribution in [2.75, 3.05) is 5.32 Å². The van der Waals surface area contributed by atoms with Crippen LogP contribution in [0.15, 0.2) is 29.8 Å². The number of amides is 1. The van der Waals surface area contributed by atoms with E-state index in [-0.39, 0.29) is 17.3 Å². The number of nitrogens with one attached hydrogen (secondary N) is 1. The van der Waals surface area contributed by atoms with Gasteiger partial charge in [-0.25, -0.2) is 4.39 Å². The largest absolute Gasteiger partial charge is 0.508 e. The molecule has 0 radical (unpaired) electrons. The highest BCUT2D eigenvalue weighted by Gasteiger charge is 2.08. The van der Waals surface area contributed by atoms with Gasteiger partial charge >= 0.3 is 0 Å². The number of allylic oxidation sites excluding steroid dienone is 1. The maximum absolute atomic E-state index is 13.3. The number of phenols is 1. The number of hydrogen-bond acceptors (Lipinski definition) is 2. The van der Waals surface area contributed by atoms with E-state index in [4.69, 9.17) is 5.11 Å². The average molecular weight is 223 g/mol. The fraction of sp³-hybridized carbons (Fsp3) is 0.250. The van der Waals surface area contributed by atoms with E-state index < -0.39 is 5.82 Å². The summed E-state index contributed by atoms with van der Waals surface area (Å²) in [6.07, 6.45) is 2.50. The summed E-state index contributed by atoms with van der Waals surface area (Å²) in [6.45, 7) is 3.58. The lowest BCUT2D eigenvalue weighted by Crippen LogP contribution is -2.13. The van der Waals surface area contributed by atoms with Crippen molar-refractivity contribution in [1.82, 2.24) is 0 Å². The molecule has 0 saturated carbocycles. The van der Waals surface area contributed by atoms with E-state index in [0.717, 1.165) is 12.5 Å². The molecule has 3 nitrogen and oxygen atoms in total. The third-order valence-electron chi connectivity index (χ3n) is 2.07. The Balaban J connectivity index is 2.81. The Kier molecular flexibility index (Phi) is 4.05. The molecule has 0 saturated heterocycles. The molecule has 86 valence electrons. The Bertz CT molecular complexity index is 427. The molecule has 0 fully saturated rings. The molecular weight excluding hydrogens is 209 g/mol. The summed E-state index contributed by atoms with van der Waals surface area (Å²) in [7, 11) is 0. The number of hydrogen-bond donors (Lipinski definition) is 2. The molecule has 1 rings (SSSR count). The minimum absolute atomic E-state index is 0.0617. The van der Waals surface area contributed by atoms with Crippen LogP contribution in [0.3, 0.4) is 0 Å². The minimum Gasteiger partial charge on any atom is -0.508 e. The minimum atomic E-state index is -0.655. The first-order valence-corrected chi connectivity index (χ1v) is 5.01. The normalized spacial score (nSPS) is 11.3. The number of aromatic hydroxyl groups is 1. The molecule has 0 spiro atoms. The van der Waals surface area contributed by atoms with Crippen LogP contribution in [0, 0.1) is 5.82 Å². The van der Waals surface area contributed by atoms with Crippen molar-refractivity contribution < 1.29 is 14.3 Å². The Labute approximate surface area is 93.6 Å².